The van der Waals surface area contributed by atoms with Crippen LogP contribution in [0.15, 0.2) is 36.8 Å². The Morgan fingerprint density at radius 1 is 1.27 bits per heavy atom. The lowest BCUT2D eigenvalue weighted by Gasteiger charge is -2.36. The Morgan fingerprint density at radius 3 is 2.97 bits per heavy atom. The Labute approximate surface area is 175 Å². The third-order valence-corrected chi connectivity index (χ3v) is 6.20. The van der Waals surface area contributed by atoms with Crippen LogP contribution < -0.4 is 14.9 Å². The number of fused-ring (bicyclic) bond motifs is 1. The quantitative estimate of drug-likeness (QED) is 0.461. The molecule has 0 radical (unpaired) electrons. The van der Waals surface area contributed by atoms with Crippen molar-refractivity contribution in [2.75, 3.05) is 23.4 Å². The highest BCUT2D eigenvalue weighted by Crippen LogP contribution is 2.42. The SMILES string of the molecule is [O-][n+]1cccc(CNc2cc(N3CCCCC3CCO)nc3c(C4CC4)cnn23)c1. The molecule has 1 saturated carbocycles. The van der Waals surface area contributed by atoms with Crippen LogP contribution in [0, 0.1) is 5.21 Å². The van der Waals surface area contributed by atoms with Gasteiger partial charge in [-0.2, -0.15) is 14.3 Å². The minimum atomic E-state index is 0.192. The molecule has 1 saturated heterocycles. The number of nitrogens with zero attached hydrogens (tertiary/aromatic N) is 5. The van der Waals surface area contributed by atoms with Crippen LogP contribution in [-0.2, 0) is 6.54 Å². The zero-order valence-corrected chi connectivity index (χ0v) is 17.1. The summed E-state index contributed by atoms with van der Waals surface area (Å²) in [7, 11) is 0. The minimum absolute atomic E-state index is 0.192. The van der Waals surface area contributed by atoms with E-state index in [-0.39, 0.29) is 6.61 Å². The summed E-state index contributed by atoms with van der Waals surface area (Å²) in [5.41, 5.74) is 3.04. The molecule has 4 heterocycles. The molecule has 0 aromatic carbocycles. The second kappa shape index (κ2) is 8.10. The van der Waals surface area contributed by atoms with Crippen LogP contribution in [0.3, 0.4) is 0 Å². The summed E-state index contributed by atoms with van der Waals surface area (Å²) in [6, 6.07) is 6.05. The molecule has 0 amide bonds. The number of rotatable bonds is 7. The van der Waals surface area contributed by atoms with Gasteiger partial charge in [0.2, 0.25) is 0 Å². The van der Waals surface area contributed by atoms with Gasteiger partial charge in [-0.25, -0.2) is 4.98 Å². The summed E-state index contributed by atoms with van der Waals surface area (Å²) < 4.78 is 2.70. The maximum absolute atomic E-state index is 11.6. The smallest absolute Gasteiger partial charge is 0.185 e. The molecule has 5 rings (SSSR count). The average Bonchev–Trinajstić information content (AvgIpc) is 3.51. The van der Waals surface area contributed by atoms with E-state index in [4.69, 9.17) is 4.98 Å². The average molecular weight is 409 g/mol. The fourth-order valence-corrected chi connectivity index (χ4v) is 4.47. The van der Waals surface area contributed by atoms with Gasteiger partial charge < -0.3 is 20.5 Å². The number of hydrogen-bond donors (Lipinski definition) is 2. The first-order valence-corrected chi connectivity index (χ1v) is 10.9. The summed E-state index contributed by atoms with van der Waals surface area (Å²) in [5, 5.41) is 29.2. The van der Waals surface area contributed by atoms with E-state index in [1.165, 1.54) is 31.0 Å². The van der Waals surface area contributed by atoms with Gasteiger partial charge in [0.1, 0.15) is 11.6 Å². The van der Waals surface area contributed by atoms with Crippen molar-refractivity contribution in [1.82, 2.24) is 14.6 Å². The fourth-order valence-electron chi connectivity index (χ4n) is 4.47. The van der Waals surface area contributed by atoms with Gasteiger partial charge >= 0.3 is 0 Å². The zero-order chi connectivity index (χ0) is 20.5. The Kier molecular flexibility index (Phi) is 5.16. The van der Waals surface area contributed by atoms with Crippen molar-refractivity contribution in [2.24, 2.45) is 0 Å². The Bertz CT molecular complexity index is 1030. The first-order chi connectivity index (χ1) is 14.7. The molecular weight excluding hydrogens is 380 g/mol. The summed E-state index contributed by atoms with van der Waals surface area (Å²) in [6.07, 6.45) is 11.6. The largest absolute Gasteiger partial charge is 0.619 e. The number of hydrogen-bond acceptors (Lipinski definition) is 6. The number of aliphatic hydroxyl groups is 1. The molecule has 1 aliphatic heterocycles. The van der Waals surface area contributed by atoms with Crippen molar-refractivity contribution in [2.45, 2.75) is 57.0 Å². The number of nitrogens with one attached hydrogen (secondary N) is 1. The number of piperidine rings is 1. The van der Waals surface area contributed by atoms with Gasteiger partial charge in [0.05, 0.1) is 6.20 Å². The van der Waals surface area contributed by atoms with Gasteiger partial charge in [-0.15, -0.1) is 0 Å². The Morgan fingerprint density at radius 2 is 2.17 bits per heavy atom. The maximum atomic E-state index is 11.6. The second-order valence-electron chi connectivity index (χ2n) is 8.39. The molecule has 2 aliphatic rings. The van der Waals surface area contributed by atoms with Crippen LogP contribution in [-0.4, -0.2) is 38.9 Å². The number of aliphatic hydroxyl groups excluding tert-OH is 1. The molecule has 158 valence electrons. The van der Waals surface area contributed by atoms with E-state index >= 15 is 0 Å². The Hall–Kier alpha value is -2.87. The molecule has 3 aromatic rings. The molecule has 8 nitrogen and oxygen atoms in total. The molecule has 0 bridgehead atoms. The van der Waals surface area contributed by atoms with E-state index in [0.29, 0.717) is 18.5 Å². The molecule has 1 atom stereocenters. The maximum Gasteiger partial charge on any atom is 0.185 e. The highest BCUT2D eigenvalue weighted by molar-refractivity contribution is 5.62. The van der Waals surface area contributed by atoms with E-state index in [1.807, 2.05) is 16.8 Å². The number of aromatic nitrogens is 4. The molecule has 1 unspecified atom stereocenters. The van der Waals surface area contributed by atoms with Gasteiger partial charge in [0.25, 0.3) is 0 Å². The standard InChI is InChI=1S/C22H28N6O2/c29-11-8-18-5-1-2-10-27(18)21-12-20(23-13-16-4-3-9-26(30)15-16)28-22(25-21)19(14-24-28)17-6-7-17/h3-4,9,12,14-15,17-18,23,29H,1-2,5-8,10-11,13H2. The first kappa shape index (κ1) is 19.1. The van der Waals surface area contributed by atoms with Gasteiger partial charge in [-0.3, -0.25) is 0 Å². The van der Waals surface area contributed by atoms with Crippen molar-refractivity contribution in [1.29, 1.82) is 0 Å². The summed E-state index contributed by atoms with van der Waals surface area (Å²) in [6.45, 7) is 1.67. The third kappa shape index (κ3) is 3.79. The van der Waals surface area contributed by atoms with E-state index in [1.54, 1.807) is 12.3 Å². The normalized spacial score (nSPS) is 19.4. The lowest BCUT2D eigenvalue weighted by Crippen LogP contribution is -2.40. The van der Waals surface area contributed by atoms with Crippen LogP contribution in [0.2, 0.25) is 0 Å². The zero-order valence-electron chi connectivity index (χ0n) is 17.1. The van der Waals surface area contributed by atoms with Crippen LogP contribution in [0.4, 0.5) is 11.6 Å². The van der Waals surface area contributed by atoms with Gasteiger partial charge in [0, 0.05) is 49.0 Å². The molecular formula is C22H28N6O2. The van der Waals surface area contributed by atoms with E-state index in [9.17, 15) is 10.3 Å². The predicted molar refractivity (Wildman–Crippen MR) is 114 cm³/mol. The molecule has 1 aliphatic carbocycles. The van der Waals surface area contributed by atoms with Crippen molar-refractivity contribution in [3.05, 3.63) is 53.1 Å². The number of pyridine rings is 1. The minimum Gasteiger partial charge on any atom is -0.619 e. The van der Waals surface area contributed by atoms with Crippen LogP contribution >= 0.6 is 0 Å². The van der Waals surface area contributed by atoms with Crippen molar-refractivity contribution in [3.8, 4) is 0 Å². The molecule has 2 fully saturated rings. The van der Waals surface area contributed by atoms with E-state index in [0.717, 1.165) is 53.4 Å². The lowest BCUT2D eigenvalue weighted by molar-refractivity contribution is -0.605. The van der Waals surface area contributed by atoms with Crippen molar-refractivity contribution < 1.29 is 9.84 Å². The molecule has 30 heavy (non-hydrogen) atoms. The summed E-state index contributed by atoms with van der Waals surface area (Å²) in [4.78, 5) is 7.38. The summed E-state index contributed by atoms with van der Waals surface area (Å²) in [5.74, 6) is 2.37. The Balaban J connectivity index is 1.51. The molecule has 0 spiro atoms. The summed E-state index contributed by atoms with van der Waals surface area (Å²) >= 11 is 0. The van der Waals surface area contributed by atoms with Crippen molar-refractivity contribution in [3.63, 3.8) is 0 Å². The van der Waals surface area contributed by atoms with E-state index < -0.39 is 0 Å². The monoisotopic (exact) mass is 408 g/mol. The van der Waals surface area contributed by atoms with Gasteiger partial charge in [-0.1, -0.05) is 0 Å². The van der Waals surface area contributed by atoms with Gasteiger partial charge in [-0.05, 0) is 50.5 Å². The third-order valence-electron chi connectivity index (χ3n) is 6.20. The predicted octanol–water partition coefficient (Wildman–Crippen LogP) is 2.59. The first-order valence-electron chi connectivity index (χ1n) is 10.9. The van der Waals surface area contributed by atoms with Crippen LogP contribution in [0.1, 0.15) is 55.6 Å². The van der Waals surface area contributed by atoms with Gasteiger partial charge in [0.15, 0.2) is 18.0 Å². The second-order valence-corrected chi connectivity index (χ2v) is 8.39. The highest BCUT2D eigenvalue weighted by atomic mass is 16.5. The van der Waals surface area contributed by atoms with Crippen LogP contribution in [0.5, 0.6) is 0 Å². The lowest BCUT2D eigenvalue weighted by atomic mass is 9.99. The molecule has 8 heteroatoms. The topological polar surface area (TPSA) is 92.6 Å². The molecule has 3 aromatic heterocycles. The van der Waals surface area contributed by atoms with Crippen molar-refractivity contribution >= 4 is 17.3 Å². The molecule has 2 N–H and O–H groups in total. The van der Waals surface area contributed by atoms with E-state index in [2.05, 4.69) is 21.4 Å². The number of anilines is 2. The highest BCUT2D eigenvalue weighted by Gasteiger charge is 2.30. The van der Waals surface area contributed by atoms with Crippen LogP contribution in [0.25, 0.3) is 5.65 Å². The fraction of sp³-hybridized carbons (Fsp3) is 0.500.